The van der Waals surface area contributed by atoms with Crippen LogP contribution in [0.2, 0.25) is 0 Å². The van der Waals surface area contributed by atoms with Crippen molar-refractivity contribution in [3.8, 4) is 0 Å². The molecular formula is C16H25N3. The van der Waals surface area contributed by atoms with E-state index < -0.39 is 0 Å². The van der Waals surface area contributed by atoms with Crippen LogP contribution in [0.1, 0.15) is 31.2 Å². The molecule has 0 saturated heterocycles. The minimum atomic E-state index is 0.242. The Hall–Kier alpha value is -1.22. The molecule has 0 spiro atoms. The van der Waals surface area contributed by atoms with E-state index in [0.29, 0.717) is 0 Å². The standard InChI is InChI=1S/C16H25N3/c1-18-9-10-19(2)15-11-13(5-6-14(15)18)16(12-17)7-3-4-8-16/h5-6,11H,3-4,7-10,12,17H2,1-2H3. The van der Waals surface area contributed by atoms with Crippen LogP contribution in [-0.2, 0) is 5.41 Å². The molecule has 1 fully saturated rings. The summed E-state index contributed by atoms with van der Waals surface area (Å²) in [5, 5.41) is 0. The van der Waals surface area contributed by atoms with Crippen LogP contribution in [0, 0.1) is 0 Å². The molecule has 0 aromatic heterocycles. The number of likely N-dealkylation sites (N-methyl/N-ethyl adjacent to an activating group) is 2. The van der Waals surface area contributed by atoms with Crippen molar-refractivity contribution in [1.82, 2.24) is 0 Å². The van der Waals surface area contributed by atoms with Crippen molar-refractivity contribution in [2.45, 2.75) is 31.1 Å². The molecule has 104 valence electrons. The van der Waals surface area contributed by atoms with Gasteiger partial charge in [-0.25, -0.2) is 0 Å². The van der Waals surface area contributed by atoms with E-state index in [0.717, 1.165) is 19.6 Å². The number of nitrogens with two attached hydrogens (primary N) is 1. The average Bonchev–Trinajstić information content (AvgIpc) is 2.93. The van der Waals surface area contributed by atoms with Gasteiger partial charge in [0.15, 0.2) is 0 Å². The quantitative estimate of drug-likeness (QED) is 0.885. The fourth-order valence-electron chi connectivity index (χ4n) is 3.69. The highest BCUT2D eigenvalue weighted by molar-refractivity contribution is 5.74. The Balaban J connectivity index is 2.03. The first-order valence-corrected chi connectivity index (χ1v) is 7.43. The highest BCUT2D eigenvalue weighted by Gasteiger charge is 2.35. The molecular weight excluding hydrogens is 234 g/mol. The van der Waals surface area contributed by atoms with Gasteiger partial charge in [-0.1, -0.05) is 18.9 Å². The number of rotatable bonds is 2. The number of hydrogen-bond acceptors (Lipinski definition) is 3. The fourth-order valence-corrected chi connectivity index (χ4v) is 3.69. The van der Waals surface area contributed by atoms with Gasteiger partial charge in [0.2, 0.25) is 0 Å². The Bertz CT molecular complexity index is 463. The highest BCUT2D eigenvalue weighted by Crippen LogP contribution is 2.43. The molecule has 1 saturated carbocycles. The van der Waals surface area contributed by atoms with E-state index >= 15 is 0 Å². The molecule has 0 atom stereocenters. The lowest BCUT2D eigenvalue weighted by molar-refractivity contribution is 0.453. The third kappa shape index (κ3) is 2.00. The van der Waals surface area contributed by atoms with Crippen LogP contribution in [0.15, 0.2) is 18.2 Å². The topological polar surface area (TPSA) is 32.5 Å². The molecule has 2 aliphatic rings. The van der Waals surface area contributed by atoms with Crippen LogP contribution >= 0.6 is 0 Å². The van der Waals surface area contributed by atoms with Crippen LogP contribution < -0.4 is 15.5 Å². The van der Waals surface area contributed by atoms with Crippen LogP contribution in [0.5, 0.6) is 0 Å². The number of anilines is 2. The Morgan fingerprint density at radius 3 is 2.32 bits per heavy atom. The van der Waals surface area contributed by atoms with Gasteiger partial charge in [-0.2, -0.15) is 0 Å². The lowest BCUT2D eigenvalue weighted by atomic mass is 9.78. The van der Waals surface area contributed by atoms with Crippen molar-refractivity contribution in [2.75, 3.05) is 43.5 Å². The predicted molar refractivity (Wildman–Crippen MR) is 82.2 cm³/mol. The van der Waals surface area contributed by atoms with Crippen molar-refractivity contribution < 1.29 is 0 Å². The SMILES string of the molecule is CN1CCN(C)c2cc(C3(CN)CCCC3)ccc21. The Labute approximate surface area is 116 Å². The van der Waals surface area contributed by atoms with Crippen molar-refractivity contribution >= 4 is 11.4 Å². The summed E-state index contributed by atoms with van der Waals surface area (Å²) in [4.78, 5) is 4.72. The van der Waals surface area contributed by atoms with Crippen LogP contribution in [-0.4, -0.2) is 33.7 Å². The van der Waals surface area contributed by atoms with E-state index in [1.54, 1.807) is 0 Å². The molecule has 2 N–H and O–H groups in total. The predicted octanol–water partition coefficient (Wildman–Crippen LogP) is 2.34. The first kappa shape index (κ1) is 12.8. The molecule has 19 heavy (non-hydrogen) atoms. The van der Waals surface area contributed by atoms with E-state index in [1.165, 1.54) is 42.6 Å². The van der Waals surface area contributed by atoms with Crippen LogP contribution in [0.25, 0.3) is 0 Å². The first-order valence-electron chi connectivity index (χ1n) is 7.43. The summed E-state index contributed by atoms with van der Waals surface area (Å²) in [6, 6.07) is 6.99. The summed E-state index contributed by atoms with van der Waals surface area (Å²) in [6.45, 7) is 2.98. The lowest BCUT2D eigenvalue weighted by Gasteiger charge is -2.37. The summed E-state index contributed by atoms with van der Waals surface area (Å²) in [7, 11) is 4.37. The van der Waals surface area contributed by atoms with E-state index in [9.17, 15) is 0 Å². The minimum absolute atomic E-state index is 0.242. The lowest BCUT2D eigenvalue weighted by Crippen LogP contribution is -2.38. The summed E-state index contributed by atoms with van der Waals surface area (Å²) in [5.41, 5.74) is 10.5. The van der Waals surface area contributed by atoms with E-state index in [4.69, 9.17) is 5.73 Å². The zero-order valence-corrected chi connectivity index (χ0v) is 12.2. The molecule has 3 nitrogen and oxygen atoms in total. The van der Waals surface area contributed by atoms with E-state index in [-0.39, 0.29) is 5.41 Å². The molecule has 0 radical (unpaired) electrons. The number of nitrogens with zero attached hydrogens (tertiary/aromatic N) is 2. The van der Waals surface area contributed by atoms with Crippen molar-refractivity contribution in [1.29, 1.82) is 0 Å². The zero-order chi connectivity index (χ0) is 13.5. The Kier molecular flexibility index (Phi) is 3.17. The molecule has 1 heterocycles. The summed E-state index contributed by atoms with van der Waals surface area (Å²) < 4.78 is 0. The average molecular weight is 259 g/mol. The molecule has 1 aromatic carbocycles. The third-order valence-corrected chi connectivity index (χ3v) is 5.13. The van der Waals surface area contributed by atoms with Gasteiger partial charge >= 0.3 is 0 Å². The third-order valence-electron chi connectivity index (χ3n) is 5.13. The second kappa shape index (κ2) is 4.71. The van der Waals surface area contributed by atoms with E-state index in [1.807, 2.05) is 0 Å². The number of benzene rings is 1. The molecule has 1 aliphatic carbocycles. The van der Waals surface area contributed by atoms with Gasteiger partial charge in [0.05, 0.1) is 11.4 Å². The van der Waals surface area contributed by atoms with Gasteiger partial charge in [0, 0.05) is 39.1 Å². The van der Waals surface area contributed by atoms with Gasteiger partial charge in [-0.15, -0.1) is 0 Å². The first-order chi connectivity index (χ1) is 9.16. The Morgan fingerprint density at radius 1 is 1.05 bits per heavy atom. The number of hydrogen-bond donors (Lipinski definition) is 1. The molecule has 1 aliphatic heterocycles. The summed E-state index contributed by atoms with van der Waals surface area (Å²) in [5.74, 6) is 0. The van der Waals surface area contributed by atoms with E-state index in [2.05, 4.69) is 42.1 Å². The second-order valence-corrected chi connectivity index (χ2v) is 6.24. The fraction of sp³-hybridized carbons (Fsp3) is 0.625. The molecule has 0 amide bonds. The largest absolute Gasteiger partial charge is 0.371 e. The normalized spacial score (nSPS) is 21.6. The Morgan fingerprint density at radius 2 is 1.68 bits per heavy atom. The highest BCUT2D eigenvalue weighted by atomic mass is 15.2. The molecule has 1 aromatic rings. The van der Waals surface area contributed by atoms with Gasteiger partial charge in [0.25, 0.3) is 0 Å². The zero-order valence-electron chi connectivity index (χ0n) is 12.2. The molecule has 0 unspecified atom stereocenters. The minimum Gasteiger partial charge on any atom is -0.371 e. The summed E-state index contributed by atoms with van der Waals surface area (Å²) in [6.07, 6.45) is 5.15. The number of fused-ring (bicyclic) bond motifs is 1. The monoisotopic (exact) mass is 259 g/mol. The maximum absolute atomic E-state index is 6.11. The maximum Gasteiger partial charge on any atom is 0.0605 e. The van der Waals surface area contributed by atoms with Gasteiger partial charge < -0.3 is 15.5 Å². The van der Waals surface area contributed by atoms with Crippen LogP contribution in [0.3, 0.4) is 0 Å². The summed E-state index contributed by atoms with van der Waals surface area (Å²) >= 11 is 0. The molecule has 3 heteroatoms. The second-order valence-electron chi connectivity index (χ2n) is 6.24. The molecule has 3 rings (SSSR count). The van der Waals surface area contributed by atoms with Gasteiger partial charge in [-0.3, -0.25) is 0 Å². The molecule has 0 bridgehead atoms. The van der Waals surface area contributed by atoms with Crippen molar-refractivity contribution in [3.05, 3.63) is 23.8 Å². The van der Waals surface area contributed by atoms with Gasteiger partial charge in [0.1, 0.15) is 0 Å². The van der Waals surface area contributed by atoms with Crippen molar-refractivity contribution in [3.63, 3.8) is 0 Å². The smallest absolute Gasteiger partial charge is 0.0605 e. The van der Waals surface area contributed by atoms with Crippen LogP contribution in [0.4, 0.5) is 11.4 Å². The van der Waals surface area contributed by atoms with Gasteiger partial charge in [-0.05, 0) is 30.5 Å². The maximum atomic E-state index is 6.11. The van der Waals surface area contributed by atoms with Crippen molar-refractivity contribution in [2.24, 2.45) is 5.73 Å².